The molecule has 2 aliphatic rings. The zero-order chi connectivity index (χ0) is 13.1. The molecule has 2 N–H and O–H groups in total. The van der Waals surface area contributed by atoms with Crippen LogP contribution in [0.25, 0.3) is 0 Å². The van der Waals surface area contributed by atoms with E-state index < -0.39 is 0 Å². The van der Waals surface area contributed by atoms with Crippen LogP contribution in [0.4, 0.5) is 0 Å². The summed E-state index contributed by atoms with van der Waals surface area (Å²) in [5.74, 6) is 2.39. The highest BCUT2D eigenvalue weighted by molar-refractivity contribution is 5.44. The summed E-state index contributed by atoms with van der Waals surface area (Å²) < 4.78 is 11.3. The lowest BCUT2D eigenvalue weighted by Gasteiger charge is -2.31. The predicted molar refractivity (Wildman–Crippen MR) is 74.8 cm³/mol. The molecule has 4 heteroatoms. The van der Waals surface area contributed by atoms with Crippen LogP contribution in [0.1, 0.15) is 24.4 Å². The molecule has 2 unspecified atom stereocenters. The molecular weight excluding hydrogens is 240 g/mol. The first kappa shape index (κ1) is 12.8. The van der Waals surface area contributed by atoms with Crippen molar-refractivity contribution in [1.82, 2.24) is 10.6 Å². The van der Waals surface area contributed by atoms with E-state index in [1.807, 2.05) is 13.1 Å². The maximum absolute atomic E-state index is 5.68. The second-order valence-corrected chi connectivity index (χ2v) is 5.28. The average Bonchev–Trinajstić information content (AvgIpc) is 2.49. The number of fused-ring (bicyclic) bond motifs is 1. The second kappa shape index (κ2) is 5.80. The van der Waals surface area contributed by atoms with Gasteiger partial charge < -0.3 is 20.1 Å². The van der Waals surface area contributed by atoms with Gasteiger partial charge in [-0.2, -0.15) is 0 Å². The van der Waals surface area contributed by atoms with Gasteiger partial charge in [-0.05, 0) is 56.6 Å². The number of hydrogen-bond acceptors (Lipinski definition) is 4. The van der Waals surface area contributed by atoms with Crippen molar-refractivity contribution >= 4 is 0 Å². The molecule has 1 fully saturated rings. The number of benzene rings is 1. The lowest BCUT2D eigenvalue weighted by Crippen LogP contribution is -2.37. The summed E-state index contributed by atoms with van der Waals surface area (Å²) in [5, 5.41) is 6.94. The zero-order valence-electron chi connectivity index (χ0n) is 11.4. The molecule has 1 aromatic carbocycles. The Morgan fingerprint density at radius 1 is 1.26 bits per heavy atom. The summed E-state index contributed by atoms with van der Waals surface area (Å²) in [4.78, 5) is 0. The van der Waals surface area contributed by atoms with Gasteiger partial charge in [0.1, 0.15) is 13.2 Å². The molecule has 0 aromatic heterocycles. The molecular formula is C15H22N2O2. The first-order valence-electron chi connectivity index (χ1n) is 7.16. The number of rotatable bonds is 3. The van der Waals surface area contributed by atoms with E-state index in [-0.39, 0.29) is 0 Å². The fraction of sp³-hybridized carbons (Fsp3) is 0.600. The van der Waals surface area contributed by atoms with Crippen LogP contribution in [0.2, 0.25) is 0 Å². The van der Waals surface area contributed by atoms with Gasteiger partial charge in [-0.1, -0.05) is 6.07 Å². The third kappa shape index (κ3) is 2.69. The van der Waals surface area contributed by atoms with Gasteiger partial charge in [0.2, 0.25) is 0 Å². The van der Waals surface area contributed by atoms with Crippen molar-refractivity contribution in [2.45, 2.75) is 18.9 Å². The van der Waals surface area contributed by atoms with Crippen LogP contribution in [0, 0.1) is 5.92 Å². The Bertz CT molecular complexity index is 430. The van der Waals surface area contributed by atoms with Crippen molar-refractivity contribution in [2.75, 3.05) is 33.4 Å². The molecule has 2 aliphatic heterocycles. The SMILES string of the molecule is CNC(c1ccc2c(c1)OCCO2)C1CCCNC1. The van der Waals surface area contributed by atoms with E-state index >= 15 is 0 Å². The maximum atomic E-state index is 5.68. The molecule has 2 atom stereocenters. The molecule has 0 bridgehead atoms. The van der Waals surface area contributed by atoms with Gasteiger partial charge >= 0.3 is 0 Å². The van der Waals surface area contributed by atoms with Crippen molar-refractivity contribution in [3.63, 3.8) is 0 Å². The van der Waals surface area contributed by atoms with E-state index in [2.05, 4.69) is 22.8 Å². The Morgan fingerprint density at radius 3 is 2.84 bits per heavy atom. The maximum Gasteiger partial charge on any atom is 0.161 e. The van der Waals surface area contributed by atoms with E-state index in [4.69, 9.17) is 9.47 Å². The first-order chi connectivity index (χ1) is 9.38. The smallest absolute Gasteiger partial charge is 0.161 e. The second-order valence-electron chi connectivity index (χ2n) is 5.28. The fourth-order valence-electron chi connectivity index (χ4n) is 3.09. The van der Waals surface area contributed by atoms with Crippen LogP contribution < -0.4 is 20.1 Å². The average molecular weight is 262 g/mol. The summed E-state index contributed by atoms with van der Waals surface area (Å²) in [5.41, 5.74) is 1.29. The van der Waals surface area contributed by atoms with Crippen LogP contribution in [-0.2, 0) is 0 Å². The Balaban J connectivity index is 1.82. The third-order valence-corrected chi connectivity index (χ3v) is 4.04. The quantitative estimate of drug-likeness (QED) is 0.870. The first-order valence-corrected chi connectivity index (χ1v) is 7.16. The Morgan fingerprint density at radius 2 is 2.11 bits per heavy atom. The van der Waals surface area contributed by atoms with Crippen LogP contribution in [0.15, 0.2) is 18.2 Å². The topological polar surface area (TPSA) is 42.5 Å². The van der Waals surface area contributed by atoms with Crippen LogP contribution in [-0.4, -0.2) is 33.4 Å². The fourth-order valence-corrected chi connectivity index (χ4v) is 3.09. The minimum absolute atomic E-state index is 0.378. The minimum Gasteiger partial charge on any atom is -0.486 e. The van der Waals surface area contributed by atoms with Crippen LogP contribution >= 0.6 is 0 Å². The zero-order valence-corrected chi connectivity index (χ0v) is 11.4. The Hall–Kier alpha value is -1.26. The molecule has 4 nitrogen and oxygen atoms in total. The highest BCUT2D eigenvalue weighted by Gasteiger charge is 2.25. The molecule has 0 spiro atoms. The van der Waals surface area contributed by atoms with Crippen molar-refractivity contribution in [2.24, 2.45) is 5.92 Å². The summed E-state index contributed by atoms with van der Waals surface area (Å²) in [6, 6.07) is 6.70. The number of nitrogens with one attached hydrogen (secondary N) is 2. The van der Waals surface area contributed by atoms with Gasteiger partial charge in [-0.3, -0.25) is 0 Å². The Kier molecular flexibility index (Phi) is 3.89. The monoisotopic (exact) mass is 262 g/mol. The molecule has 104 valence electrons. The van der Waals surface area contributed by atoms with E-state index in [0.717, 1.165) is 24.6 Å². The van der Waals surface area contributed by atoms with Crippen molar-refractivity contribution in [3.8, 4) is 11.5 Å². The largest absolute Gasteiger partial charge is 0.486 e. The number of piperidine rings is 1. The van der Waals surface area contributed by atoms with Crippen molar-refractivity contribution in [1.29, 1.82) is 0 Å². The summed E-state index contributed by atoms with van der Waals surface area (Å²) in [6.45, 7) is 3.52. The molecule has 3 rings (SSSR count). The molecule has 0 aliphatic carbocycles. The summed E-state index contributed by atoms with van der Waals surface area (Å²) in [7, 11) is 2.04. The predicted octanol–water partition coefficient (Wildman–Crippen LogP) is 1.72. The highest BCUT2D eigenvalue weighted by Crippen LogP contribution is 2.35. The minimum atomic E-state index is 0.378. The standard InChI is InChI=1S/C15H22N2O2/c1-16-15(12-3-2-6-17-10-12)11-4-5-13-14(9-11)19-8-7-18-13/h4-5,9,12,15-17H,2-3,6-8,10H2,1H3. The van der Waals surface area contributed by atoms with Gasteiger partial charge in [-0.15, -0.1) is 0 Å². The molecule has 2 heterocycles. The molecule has 19 heavy (non-hydrogen) atoms. The number of hydrogen-bond donors (Lipinski definition) is 2. The molecule has 0 amide bonds. The van der Waals surface area contributed by atoms with E-state index in [1.165, 1.54) is 18.4 Å². The molecule has 1 saturated heterocycles. The molecule has 1 aromatic rings. The van der Waals surface area contributed by atoms with Crippen molar-refractivity contribution in [3.05, 3.63) is 23.8 Å². The summed E-state index contributed by atoms with van der Waals surface area (Å²) in [6.07, 6.45) is 2.53. The van der Waals surface area contributed by atoms with E-state index in [1.54, 1.807) is 0 Å². The normalized spacial score (nSPS) is 23.9. The summed E-state index contributed by atoms with van der Waals surface area (Å²) >= 11 is 0. The van der Waals surface area contributed by atoms with Crippen LogP contribution in [0.3, 0.4) is 0 Å². The molecule has 0 saturated carbocycles. The van der Waals surface area contributed by atoms with E-state index in [0.29, 0.717) is 25.2 Å². The van der Waals surface area contributed by atoms with Gasteiger partial charge in [0.25, 0.3) is 0 Å². The van der Waals surface area contributed by atoms with Crippen LogP contribution in [0.5, 0.6) is 11.5 Å². The third-order valence-electron chi connectivity index (χ3n) is 4.04. The molecule has 0 radical (unpaired) electrons. The van der Waals surface area contributed by atoms with Gasteiger partial charge in [0.05, 0.1) is 0 Å². The lowest BCUT2D eigenvalue weighted by molar-refractivity contribution is 0.171. The van der Waals surface area contributed by atoms with Gasteiger partial charge in [0, 0.05) is 6.04 Å². The lowest BCUT2D eigenvalue weighted by atomic mass is 9.87. The van der Waals surface area contributed by atoms with Crippen molar-refractivity contribution < 1.29 is 9.47 Å². The highest BCUT2D eigenvalue weighted by atomic mass is 16.6. The Labute approximate surface area is 114 Å². The van der Waals surface area contributed by atoms with E-state index in [9.17, 15) is 0 Å². The van der Waals surface area contributed by atoms with Gasteiger partial charge in [0.15, 0.2) is 11.5 Å². The van der Waals surface area contributed by atoms with Gasteiger partial charge in [-0.25, -0.2) is 0 Å². The number of ether oxygens (including phenoxy) is 2.